The van der Waals surface area contributed by atoms with Crippen LogP contribution in [0.5, 0.6) is 0 Å². The molecule has 24 heavy (non-hydrogen) atoms. The smallest absolute Gasteiger partial charge is 0.321 e. The molecule has 128 valence electrons. The number of nitrogens with zero attached hydrogens (tertiary/aromatic N) is 2. The van der Waals surface area contributed by atoms with E-state index < -0.39 is 11.7 Å². The van der Waals surface area contributed by atoms with Crippen LogP contribution in [0.1, 0.15) is 23.2 Å². The Morgan fingerprint density at radius 1 is 1.17 bits per heavy atom. The maximum absolute atomic E-state index is 13.7. The van der Waals surface area contributed by atoms with Gasteiger partial charge < -0.3 is 16.0 Å². The minimum atomic E-state index is -0.830. The highest BCUT2D eigenvalue weighted by atomic mass is 19.1. The monoisotopic (exact) mass is 332 g/mol. The lowest BCUT2D eigenvalue weighted by Crippen LogP contribution is -2.47. The zero-order valence-electron chi connectivity index (χ0n) is 13.4. The fourth-order valence-corrected chi connectivity index (χ4v) is 3.22. The molecule has 2 aliphatic heterocycles. The lowest BCUT2D eigenvalue weighted by atomic mass is 10.0. The maximum Gasteiger partial charge on any atom is 0.321 e. The number of anilines is 1. The Morgan fingerprint density at radius 3 is 2.42 bits per heavy atom. The third-order valence-electron chi connectivity index (χ3n) is 4.60. The number of benzene rings is 1. The van der Waals surface area contributed by atoms with Crippen molar-refractivity contribution in [2.45, 2.75) is 18.9 Å². The molecule has 0 saturated carbocycles. The third-order valence-corrected chi connectivity index (χ3v) is 4.60. The number of likely N-dealkylation sites (tertiary alicyclic amines) is 1. The molecule has 1 fully saturated rings. The van der Waals surface area contributed by atoms with Crippen molar-refractivity contribution in [3.63, 3.8) is 0 Å². The van der Waals surface area contributed by atoms with Gasteiger partial charge in [-0.2, -0.15) is 0 Å². The molecule has 6 nitrogen and oxygen atoms in total. The number of primary amides is 1. The highest BCUT2D eigenvalue weighted by Crippen LogP contribution is 2.20. The van der Waals surface area contributed by atoms with Crippen LogP contribution in [0.15, 0.2) is 30.4 Å². The van der Waals surface area contributed by atoms with Crippen LogP contribution < -0.4 is 11.1 Å². The lowest BCUT2D eigenvalue weighted by molar-refractivity contribution is 0.0996. The van der Waals surface area contributed by atoms with Crippen LogP contribution in [-0.2, 0) is 0 Å². The number of halogens is 1. The van der Waals surface area contributed by atoms with E-state index in [-0.39, 0.29) is 11.6 Å². The fraction of sp³-hybridized carbons (Fsp3) is 0.412. The van der Waals surface area contributed by atoms with Gasteiger partial charge in [-0.25, -0.2) is 9.18 Å². The second-order valence-corrected chi connectivity index (χ2v) is 6.13. The highest BCUT2D eigenvalue weighted by Gasteiger charge is 2.27. The summed E-state index contributed by atoms with van der Waals surface area (Å²) in [4.78, 5) is 27.5. The molecule has 0 spiro atoms. The van der Waals surface area contributed by atoms with Crippen molar-refractivity contribution in [2.75, 3.05) is 31.5 Å². The van der Waals surface area contributed by atoms with Gasteiger partial charge in [0.1, 0.15) is 5.82 Å². The minimum Gasteiger partial charge on any atom is -0.366 e. The van der Waals surface area contributed by atoms with Crippen LogP contribution >= 0.6 is 0 Å². The summed E-state index contributed by atoms with van der Waals surface area (Å²) in [6, 6.07) is 4.13. The van der Waals surface area contributed by atoms with E-state index in [1.807, 2.05) is 0 Å². The van der Waals surface area contributed by atoms with E-state index in [2.05, 4.69) is 22.4 Å². The first-order chi connectivity index (χ1) is 11.5. The van der Waals surface area contributed by atoms with E-state index in [0.717, 1.165) is 32.0 Å². The molecule has 2 aliphatic rings. The molecule has 0 aliphatic carbocycles. The van der Waals surface area contributed by atoms with Crippen LogP contribution in [0.3, 0.4) is 0 Å². The number of amides is 3. The Morgan fingerprint density at radius 2 is 1.83 bits per heavy atom. The molecule has 2 heterocycles. The van der Waals surface area contributed by atoms with E-state index in [1.54, 1.807) is 4.90 Å². The molecule has 1 saturated heterocycles. The van der Waals surface area contributed by atoms with Gasteiger partial charge >= 0.3 is 6.03 Å². The Bertz CT molecular complexity index is 661. The molecule has 3 N–H and O–H groups in total. The van der Waals surface area contributed by atoms with Gasteiger partial charge in [-0.05, 0) is 31.0 Å². The summed E-state index contributed by atoms with van der Waals surface area (Å²) in [6.07, 6.45) is 6.21. The molecule has 7 heteroatoms. The minimum absolute atomic E-state index is 0.187. The van der Waals surface area contributed by atoms with E-state index in [0.29, 0.717) is 24.8 Å². The summed E-state index contributed by atoms with van der Waals surface area (Å²) in [6.45, 7) is 3.33. The fourth-order valence-electron chi connectivity index (χ4n) is 3.22. The average molecular weight is 332 g/mol. The van der Waals surface area contributed by atoms with Crippen LogP contribution in [0.2, 0.25) is 0 Å². The quantitative estimate of drug-likeness (QED) is 0.829. The SMILES string of the molecule is NC(=O)c1ccc(NC(=O)N2CCC(N3CC=CC3)CC2)cc1F. The predicted octanol–water partition coefficient (Wildman–Crippen LogP) is 1.79. The zero-order valence-corrected chi connectivity index (χ0v) is 13.4. The van der Waals surface area contributed by atoms with Gasteiger partial charge in [-0.3, -0.25) is 9.69 Å². The van der Waals surface area contributed by atoms with Crippen molar-refractivity contribution in [1.82, 2.24) is 9.80 Å². The largest absolute Gasteiger partial charge is 0.366 e. The highest BCUT2D eigenvalue weighted by molar-refractivity contribution is 5.94. The molecule has 0 atom stereocenters. The number of hydrogen-bond donors (Lipinski definition) is 2. The topological polar surface area (TPSA) is 78.7 Å². The van der Waals surface area contributed by atoms with Crippen molar-refractivity contribution in [3.05, 3.63) is 41.7 Å². The molecule has 0 radical (unpaired) electrons. The van der Waals surface area contributed by atoms with Crippen molar-refractivity contribution >= 4 is 17.6 Å². The number of urea groups is 1. The normalized spacial score (nSPS) is 18.8. The van der Waals surface area contributed by atoms with Crippen molar-refractivity contribution in [3.8, 4) is 0 Å². The summed E-state index contributed by atoms with van der Waals surface area (Å²) in [5.74, 6) is -1.57. The summed E-state index contributed by atoms with van der Waals surface area (Å²) >= 11 is 0. The van der Waals surface area contributed by atoms with Crippen molar-refractivity contribution in [1.29, 1.82) is 0 Å². The summed E-state index contributed by atoms with van der Waals surface area (Å²) < 4.78 is 13.7. The number of carbonyl (C=O) groups excluding carboxylic acids is 2. The Labute approximate surface area is 140 Å². The molecule has 3 rings (SSSR count). The lowest BCUT2D eigenvalue weighted by Gasteiger charge is -2.36. The van der Waals surface area contributed by atoms with Gasteiger partial charge in [-0.1, -0.05) is 12.2 Å². The predicted molar refractivity (Wildman–Crippen MR) is 89.2 cm³/mol. The number of piperidine rings is 1. The van der Waals surface area contributed by atoms with E-state index >= 15 is 0 Å². The first kappa shape index (κ1) is 16.4. The number of nitrogens with two attached hydrogens (primary N) is 1. The van der Waals surface area contributed by atoms with E-state index in [1.165, 1.54) is 12.1 Å². The van der Waals surface area contributed by atoms with Gasteiger partial charge in [0.05, 0.1) is 5.56 Å². The maximum atomic E-state index is 13.7. The van der Waals surface area contributed by atoms with Crippen LogP contribution in [0.25, 0.3) is 0 Å². The molecule has 1 aromatic rings. The van der Waals surface area contributed by atoms with Crippen LogP contribution in [-0.4, -0.2) is 54.0 Å². The summed E-state index contributed by atoms with van der Waals surface area (Å²) in [5, 5.41) is 2.67. The number of nitrogens with one attached hydrogen (secondary N) is 1. The van der Waals surface area contributed by atoms with Gasteiger partial charge in [-0.15, -0.1) is 0 Å². The van der Waals surface area contributed by atoms with Crippen molar-refractivity contribution < 1.29 is 14.0 Å². The second kappa shape index (κ2) is 7.00. The number of hydrogen-bond acceptors (Lipinski definition) is 3. The van der Waals surface area contributed by atoms with Crippen molar-refractivity contribution in [2.24, 2.45) is 5.73 Å². The molecular formula is C17H21FN4O2. The zero-order chi connectivity index (χ0) is 17.1. The van der Waals surface area contributed by atoms with E-state index in [4.69, 9.17) is 5.73 Å². The van der Waals surface area contributed by atoms with Gasteiger partial charge in [0, 0.05) is 37.9 Å². The first-order valence-electron chi connectivity index (χ1n) is 8.09. The van der Waals surface area contributed by atoms with Gasteiger partial charge in [0.25, 0.3) is 5.91 Å². The average Bonchev–Trinajstić information content (AvgIpc) is 3.09. The van der Waals surface area contributed by atoms with Crippen LogP contribution in [0, 0.1) is 5.82 Å². The molecule has 0 bridgehead atoms. The Hall–Kier alpha value is -2.41. The molecule has 0 unspecified atom stereocenters. The first-order valence-corrected chi connectivity index (χ1v) is 8.09. The van der Waals surface area contributed by atoms with Crippen LogP contribution in [0.4, 0.5) is 14.9 Å². The van der Waals surface area contributed by atoms with Gasteiger partial charge in [0.2, 0.25) is 0 Å². The Kier molecular flexibility index (Phi) is 4.80. The third kappa shape index (κ3) is 3.56. The molecular weight excluding hydrogens is 311 g/mol. The van der Waals surface area contributed by atoms with Gasteiger partial charge in [0.15, 0.2) is 0 Å². The number of carbonyl (C=O) groups is 2. The molecule has 0 aromatic heterocycles. The Balaban J connectivity index is 1.54. The standard InChI is InChI=1S/C17H21FN4O2/c18-15-11-12(3-4-14(15)16(19)23)20-17(24)22-9-5-13(6-10-22)21-7-1-2-8-21/h1-4,11,13H,5-10H2,(H2,19,23)(H,20,24). The van der Waals surface area contributed by atoms with E-state index in [9.17, 15) is 14.0 Å². The number of rotatable bonds is 3. The second-order valence-electron chi connectivity index (χ2n) is 6.13. The molecule has 3 amide bonds. The molecule has 1 aromatic carbocycles. The summed E-state index contributed by atoms with van der Waals surface area (Å²) in [7, 11) is 0. The summed E-state index contributed by atoms with van der Waals surface area (Å²) in [5.41, 5.74) is 5.19.